The predicted octanol–water partition coefficient (Wildman–Crippen LogP) is 3.51. The summed E-state index contributed by atoms with van der Waals surface area (Å²) in [6.45, 7) is 3.17. The zero-order valence-electron chi connectivity index (χ0n) is 14.3. The first-order valence-corrected chi connectivity index (χ1v) is 9.01. The van der Waals surface area contributed by atoms with Crippen molar-refractivity contribution in [3.63, 3.8) is 0 Å². The number of hydrogen-bond donors (Lipinski definition) is 1. The third kappa shape index (κ3) is 4.14. The smallest absolute Gasteiger partial charge is 0.272 e. The molecule has 1 N–H and O–H groups in total. The molecule has 1 fully saturated rings. The van der Waals surface area contributed by atoms with Crippen LogP contribution in [0.15, 0.2) is 24.5 Å². The van der Waals surface area contributed by atoms with Crippen LogP contribution in [0.2, 0.25) is 10.0 Å². The highest BCUT2D eigenvalue weighted by atomic mass is 35.5. The lowest BCUT2D eigenvalue weighted by molar-refractivity contribution is -0.120. The van der Waals surface area contributed by atoms with Gasteiger partial charge < -0.3 is 10.2 Å². The summed E-state index contributed by atoms with van der Waals surface area (Å²) in [7, 11) is 0. The Bertz CT molecular complexity index is 847. The standard InChI is InChI=1S/C18H18Cl2N4O2/c1-11-16(18(26)24-6-4-13(25)5-7-24)22-10-23-17(11)21-9-12-2-3-14(19)15(20)8-12/h2-3,8,10H,4-7,9H2,1H3,(H,21,22,23). The molecule has 26 heavy (non-hydrogen) atoms. The van der Waals surface area contributed by atoms with Gasteiger partial charge >= 0.3 is 0 Å². The van der Waals surface area contributed by atoms with Crippen LogP contribution < -0.4 is 5.32 Å². The Morgan fingerprint density at radius 2 is 1.92 bits per heavy atom. The van der Waals surface area contributed by atoms with Gasteiger partial charge in [-0.25, -0.2) is 9.97 Å². The number of carbonyl (C=O) groups is 2. The second-order valence-electron chi connectivity index (χ2n) is 6.13. The van der Waals surface area contributed by atoms with Gasteiger partial charge in [0.2, 0.25) is 0 Å². The van der Waals surface area contributed by atoms with Crippen LogP contribution in [0, 0.1) is 6.92 Å². The normalized spacial score (nSPS) is 14.4. The van der Waals surface area contributed by atoms with E-state index in [1.807, 2.05) is 6.07 Å². The molecule has 0 saturated carbocycles. The fourth-order valence-electron chi connectivity index (χ4n) is 2.79. The van der Waals surface area contributed by atoms with E-state index in [4.69, 9.17) is 23.2 Å². The number of hydrogen-bond acceptors (Lipinski definition) is 5. The Hall–Kier alpha value is -2.18. The molecule has 0 bridgehead atoms. The first kappa shape index (κ1) is 18.6. The number of amides is 1. The fourth-order valence-corrected chi connectivity index (χ4v) is 3.11. The third-order valence-electron chi connectivity index (χ3n) is 4.34. The highest BCUT2D eigenvalue weighted by Gasteiger charge is 2.24. The van der Waals surface area contributed by atoms with E-state index in [9.17, 15) is 9.59 Å². The number of aromatic nitrogens is 2. The SMILES string of the molecule is Cc1c(NCc2ccc(Cl)c(Cl)c2)ncnc1C(=O)N1CCC(=O)CC1. The molecule has 3 rings (SSSR count). The summed E-state index contributed by atoms with van der Waals surface area (Å²) in [5, 5.41) is 4.19. The summed E-state index contributed by atoms with van der Waals surface area (Å²) < 4.78 is 0. The first-order valence-electron chi connectivity index (χ1n) is 8.26. The Kier molecular flexibility index (Phi) is 5.74. The van der Waals surface area contributed by atoms with Gasteiger partial charge in [0.05, 0.1) is 10.0 Å². The molecule has 1 amide bonds. The van der Waals surface area contributed by atoms with Gasteiger partial charge in [0, 0.05) is 38.0 Å². The van der Waals surface area contributed by atoms with Crippen molar-refractivity contribution in [2.24, 2.45) is 0 Å². The highest BCUT2D eigenvalue weighted by Crippen LogP contribution is 2.23. The zero-order valence-corrected chi connectivity index (χ0v) is 15.8. The predicted molar refractivity (Wildman–Crippen MR) is 101 cm³/mol. The molecule has 2 aromatic rings. The molecule has 1 aromatic carbocycles. The van der Waals surface area contributed by atoms with Gasteiger partial charge in [0.1, 0.15) is 23.6 Å². The molecule has 1 aliphatic rings. The maximum absolute atomic E-state index is 12.7. The molecule has 136 valence electrons. The molecular weight excluding hydrogens is 375 g/mol. The number of likely N-dealkylation sites (tertiary alicyclic amines) is 1. The molecule has 0 aliphatic carbocycles. The molecule has 0 spiro atoms. The second kappa shape index (κ2) is 8.01. The van der Waals surface area contributed by atoms with Crippen molar-refractivity contribution < 1.29 is 9.59 Å². The number of anilines is 1. The number of nitrogens with one attached hydrogen (secondary N) is 1. The van der Waals surface area contributed by atoms with Crippen molar-refractivity contribution in [1.29, 1.82) is 0 Å². The van der Waals surface area contributed by atoms with Crippen molar-refractivity contribution in [1.82, 2.24) is 14.9 Å². The maximum atomic E-state index is 12.7. The number of halogens is 2. The van der Waals surface area contributed by atoms with Crippen molar-refractivity contribution in [2.75, 3.05) is 18.4 Å². The van der Waals surface area contributed by atoms with Crippen LogP contribution in [0.25, 0.3) is 0 Å². The maximum Gasteiger partial charge on any atom is 0.272 e. The Labute approximate surface area is 161 Å². The Balaban J connectivity index is 1.73. The molecule has 1 aliphatic heterocycles. The molecule has 1 saturated heterocycles. The number of Topliss-reactive ketones (excluding diaryl/α,β-unsaturated/α-hetero) is 1. The van der Waals surface area contributed by atoms with Gasteiger partial charge in [-0.05, 0) is 24.6 Å². The topological polar surface area (TPSA) is 75.2 Å². The minimum Gasteiger partial charge on any atom is -0.366 e. The summed E-state index contributed by atoms with van der Waals surface area (Å²) in [5.41, 5.74) is 1.97. The number of nitrogens with zero attached hydrogens (tertiary/aromatic N) is 3. The Morgan fingerprint density at radius 1 is 1.19 bits per heavy atom. The quantitative estimate of drug-likeness (QED) is 0.861. The third-order valence-corrected chi connectivity index (χ3v) is 5.08. The number of rotatable bonds is 4. The van der Waals surface area contributed by atoms with E-state index in [1.165, 1.54) is 6.33 Å². The summed E-state index contributed by atoms with van der Waals surface area (Å²) >= 11 is 12.0. The monoisotopic (exact) mass is 392 g/mol. The lowest BCUT2D eigenvalue weighted by Gasteiger charge is -2.26. The van der Waals surface area contributed by atoms with Crippen molar-refractivity contribution >= 4 is 40.7 Å². The molecule has 0 atom stereocenters. The van der Waals surface area contributed by atoms with Crippen molar-refractivity contribution in [3.05, 3.63) is 51.4 Å². The van der Waals surface area contributed by atoms with E-state index in [0.717, 1.165) is 5.56 Å². The van der Waals surface area contributed by atoms with Gasteiger partial charge in [0.15, 0.2) is 0 Å². The number of piperidine rings is 1. The van der Waals surface area contributed by atoms with Gasteiger partial charge in [0.25, 0.3) is 5.91 Å². The lowest BCUT2D eigenvalue weighted by Crippen LogP contribution is -2.39. The summed E-state index contributed by atoms with van der Waals surface area (Å²) in [6, 6.07) is 5.39. The van der Waals surface area contributed by atoms with Crippen LogP contribution in [0.5, 0.6) is 0 Å². The minimum absolute atomic E-state index is 0.171. The van der Waals surface area contributed by atoms with E-state index < -0.39 is 0 Å². The van der Waals surface area contributed by atoms with Crippen molar-refractivity contribution in [2.45, 2.75) is 26.3 Å². The average molecular weight is 393 g/mol. The summed E-state index contributed by atoms with van der Waals surface area (Å²) in [4.78, 5) is 34.1. The highest BCUT2D eigenvalue weighted by molar-refractivity contribution is 6.42. The van der Waals surface area contributed by atoms with E-state index >= 15 is 0 Å². The number of ketones is 1. The second-order valence-corrected chi connectivity index (χ2v) is 6.94. The molecule has 8 heteroatoms. The largest absolute Gasteiger partial charge is 0.366 e. The molecule has 0 radical (unpaired) electrons. The van der Waals surface area contributed by atoms with E-state index in [0.29, 0.717) is 59.6 Å². The van der Waals surface area contributed by atoms with Crippen LogP contribution in [0.4, 0.5) is 5.82 Å². The van der Waals surface area contributed by atoms with Crippen LogP contribution >= 0.6 is 23.2 Å². The van der Waals surface area contributed by atoms with Gasteiger partial charge in [-0.2, -0.15) is 0 Å². The summed E-state index contributed by atoms with van der Waals surface area (Å²) in [6.07, 6.45) is 2.17. The zero-order chi connectivity index (χ0) is 18.7. The van der Waals surface area contributed by atoms with Gasteiger partial charge in [-0.1, -0.05) is 29.3 Å². The van der Waals surface area contributed by atoms with E-state index in [2.05, 4.69) is 15.3 Å². The van der Waals surface area contributed by atoms with Crippen molar-refractivity contribution in [3.8, 4) is 0 Å². The number of carbonyl (C=O) groups excluding carboxylic acids is 2. The molecule has 2 heterocycles. The average Bonchev–Trinajstić information content (AvgIpc) is 2.64. The number of benzene rings is 1. The summed E-state index contributed by atoms with van der Waals surface area (Å²) in [5.74, 6) is 0.606. The molecule has 0 unspecified atom stereocenters. The minimum atomic E-state index is -0.171. The van der Waals surface area contributed by atoms with E-state index in [1.54, 1.807) is 24.0 Å². The lowest BCUT2D eigenvalue weighted by atomic mass is 10.1. The van der Waals surface area contributed by atoms with Crippen LogP contribution in [-0.4, -0.2) is 39.6 Å². The molecule has 1 aromatic heterocycles. The first-order chi connectivity index (χ1) is 12.5. The van der Waals surface area contributed by atoms with Crippen LogP contribution in [0.1, 0.15) is 34.5 Å². The van der Waals surface area contributed by atoms with Crippen LogP contribution in [0.3, 0.4) is 0 Å². The van der Waals surface area contributed by atoms with Crippen LogP contribution in [-0.2, 0) is 11.3 Å². The molecular formula is C18H18Cl2N4O2. The Morgan fingerprint density at radius 3 is 2.62 bits per heavy atom. The molecule has 6 nitrogen and oxygen atoms in total. The van der Waals surface area contributed by atoms with E-state index in [-0.39, 0.29) is 11.7 Å². The fraction of sp³-hybridized carbons (Fsp3) is 0.333. The van der Waals surface area contributed by atoms with Gasteiger partial charge in [-0.15, -0.1) is 0 Å². The van der Waals surface area contributed by atoms with Gasteiger partial charge in [-0.3, -0.25) is 9.59 Å².